The third kappa shape index (κ3) is 2.82. The molecule has 1 aromatic rings. The van der Waals surface area contributed by atoms with Gasteiger partial charge in [0.2, 0.25) is 5.91 Å². The zero-order chi connectivity index (χ0) is 14.9. The highest BCUT2D eigenvalue weighted by Gasteiger charge is 2.34. The molecule has 20 heavy (non-hydrogen) atoms. The summed E-state index contributed by atoms with van der Waals surface area (Å²) in [4.78, 5) is 35.7. The second kappa shape index (κ2) is 5.86. The minimum absolute atomic E-state index is 0.146. The highest BCUT2D eigenvalue weighted by Crippen LogP contribution is 2.26. The Kier molecular flexibility index (Phi) is 4.36. The minimum Gasteiger partial charge on any atom is -0.278 e. The van der Waals surface area contributed by atoms with Crippen LogP contribution in [-0.4, -0.2) is 28.2 Å². The van der Waals surface area contributed by atoms with Crippen LogP contribution in [0.25, 0.3) is 0 Å². The van der Waals surface area contributed by atoms with Crippen molar-refractivity contribution in [1.82, 2.24) is 4.90 Å². The van der Waals surface area contributed by atoms with Crippen molar-refractivity contribution in [3.63, 3.8) is 0 Å². The molecule has 1 saturated heterocycles. The largest absolute Gasteiger partial charge is 0.278 e. The smallest absolute Gasteiger partial charge is 0.270 e. The van der Waals surface area contributed by atoms with Crippen LogP contribution in [-0.2, 0) is 4.79 Å². The molecule has 1 aromatic carbocycles. The number of rotatable bonds is 3. The third-order valence-electron chi connectivity index (χ3n) is 3.42. The maximum Gasteiger partial charge on any atom is 0.270 e. The Morgan fingerprint density at radius 2 is 2.25 bits per heavy atom. The number of benzene rings is 1. The lowest BCUT2D eigenvalue weighted by Crippen LogP contribution is -2.33. The summed E-state index contributed by atoms with van der Waals surface area (Å²) >= 11 is 1.94. The standard InChI is InChI=1S/C13H13IN2O4/c1-2-8-5-12(17)15(7-8)13(18)10-6-9(16(19)20)3-4-11(10)14/h3-4,6,8H,2,5,7H2,1H3. The van der Waals surface area contributed by atoms with Gasteiger partial charge >= 0.3 is 0 Å². The molecule has 0 spiro atoms. The minimum atomic E-state index is -0.548. The van der Waals surface area contributed by atoms with E-state index in [1.54, 1.807) is 0 Å². The van der Waals surface area contributed by atoms with Crippen molar-refractivity contribution in [2.24, 2.45) is 5.92 Å². The maximum atomic E-state index is 12.4. The second-order valence-electron chi connectivity index (χ2n) is 4.71. The Balaban J connectivity index is 2.32. The van der Waals surface area contributed by atoms with Crippen molar-refractivity contribution >= 4 is 40.1 Å². The monoisotopic (exact) mass is 388 g/mol. The lowest BCUT2D eigenvalue weighted by atomic mass is 10.1. The Labute approximate surface area is 129 Å². The Bertz CT molecular complexity index is 588. The van der Waals surface area contributed by atoms with Crippen LogP contribution in [0.15, 0.2) is 18.2 Å². The van der Waals surface area contributed by atoms with Gasteiger partial charge in [0.1, 0.15) is 0 Å². The molecule has 0 bridgehead atoms. The fourth-order valence-electron chi connectivity index (χ4n) is 2.19. The summed E-state index contributed by atoms with van der Waals surface area (Å²) < 4.78 is 0.603. The third-order valence-corrected chi connectivity index (χ3v) is 4.36. The van der Waals surface area contributed by atoms with Crippen molar-refractivity contribution in [1.29, 1.82) is 0 Å². The number of halogens is 1. The number of likely N-dealkylation sites (tertiary alicyclic amines) is 1. The van der Waals surface area contributed by atoms with Crippen LogP contribution in [0.5, 0.6) is 0 Å². The normalized spacial score (nSPS) is 18.4. The average molecular weight is 388 g/mol. The molecule has 1 aliphatic heterocycles. The number of hydrogen-bond acceptors (Lipinski definition) is 4. The number of nitro groups is 1. The van der Waals surface area contributed by atoms with Gasteiger partial charge in [-0.05, 0) is 34.6 Å². The van der Waals surface area contributed by atoms with E-state index >= 15 is 0 Å². The van der Waals surface area contributed by atoms with Gasteiger partial charge in [0.05, 0.1) is 10.5 Å². The van der Waals surface area contributed by atoms with Gasteiger partial charge in [0.25, 0.3) is 11.6 Å². The Hall–Kier alpha value is -1.51. The lowest BCUT2D eigenvalue weighted by Gasteiger charge is -2.15. The van der Waals surface area contributed by atoms with Crippen LogP contribution < -0.4 is 0 Å². The maximum absolute atomic E-state index is 12.4. The molecule has 2 amide bonds. The van der Waals surface area contributed by atoms with E-state index in [9.17, 15) is 19.7 Å². The van der Waals surface area contributed by atoms with Crippen molar-refractivity contribution in [2.45, 2.75) is 19.8 Å². The zero-order valence-electron chi connectivity index (χ0n) is 10.8. The molecule has 0 aromatic heterocycles. The van der Waals surface area contributed by atoms with Crippen LogP contribution in [0.4, 0.5) is 5.69 Å². The van der Waals surface area contributed by atoms with Gasteiger partial charge in [0, 0.05) is 28.7 Å². The first-order chi connectivity index (χ1) is 9.43. The summed E-state index contributed by atoms with van der Waals surface area (Å²) in [6, 6.07) is 4.10. The number of non-ortho nitro benzene ring substituents is 1. The van der Waals surface area contributed by atoms with Crippen LogP contribution in [0.2, 0.25) is 0 Å². The van der Waals surface area contributed by atoms with Gasteiger partial charge in [-0.1, -0.05) is 13.3 Å². The molecule has 2 rings (SSSR count). The van der Waals surface area contributed by atoms with E-state index in [-0.39, 0.29) is 23.1 Å². The fourth-order valence-corrected chi connectivity index (χ4v) is 2.75. The number of nitrogens with zero attached hydrogens (tertiary/aromatic N) is 2. The Morgan fingerprint density at radius 1 is 1.55 bits per heavy atom. The molecule has 1 unspecified atom stereocenters. The topological polar surface area (TPSA) is 80.5 Å². The summed E-state index contributed by atoms with van der Waals surface area (Å²) in [6.45, 7) is 2.37. The SMILES string of the molecule is CCC1CC(=O)N(C(=O)c2cc([N+](=O)[O-])ccc2I)C1. The number of carbonyl (C=O) groups is 2. The van der Waals surface area contributed by atoms with Crippen LogP contribution in [0, 0.1) is 19.6 Å². The molecule has 0 saturated carbocycles. The second-order valence-corrected chi connectivity index (χ2v) is 5.87. The molecule has 0 aliphatic carbocycles. The highest BCUT2D eigenvalue weighted by molar-refractivity contribution is 14.1. The van der Waals surface area contributed by atoms with Crippen molar-refractivity contribution in [2.75, 3.05) is 6.54 Å². The molecule has 1 aliphatic rings. The van der Waals surface area contributed by atoms with E-state index in [0.717, 1.165) is 6.42 Å². The predicted octanol–water partition coefficient (Wildman–Crippen LogP) is 2.60. The molecular formula is C13H13IN2O4. The molecule has 0 N–H and O–H groups in total. The van der Waals surface area contributed by atoms with Gasteiger partial charge in [0.15, 0.2) is 0 Å². The molecule has 1 atom stereocenters. The molecule has 0 radical (unpaired) electrons. The van der Waals surface area contributed by atoms with Crippen molar-refractivity contribution < 1.29 is 14.5 Å². The molecule has 1 fully saturated rings. The fraction of sp³-hybridized carbons (Fsp3) is 0.385. The first kappa shape index (κ1) is 14.9. The molecular weight excluding hydrogens is 375 g/mol. The van der Waals surface area contributed by atoms with Gasteiger partial charge in [-0.3, -0.25) is 24.6 Å². The summed E-state index contributed by atoms with van der Waals surface area (Å²) in [6.07, 6.45) is 1.20. The quantitative estimate of drug-likeness (QED) is 0.345. The van der Waals surface area contributed by atoms with Crippen LogP contribution in [0.1, 0.15) is 30.1 Å². The van der Waals surface area contributed by atoms with E-state index in [1.807, 2.05) is 29.5 Å². The van der Waals surface area contributed by atoms with Crippen molar-refractivity contribution in [3.05, 3.63) is 37.4 Å². The summed E-state index contributed by atoms with van der Waals surface area (Å²) in [5.41, 5.74) is 0.0670. The van der Waals surface area contributed by atoms with E-state index in [0.29, 0.717) is 16.5 Å². The van der Waals surface area contributed by atoms with E-state index in [2.05, 4.69) is 0 Å². The predicted molar refractivity (Wildman–Crippen MR) is 80.3 cm³/mol. The molecule has 7 heteroatoms. The highest BCUT2D eigenvalue weighted by atomic mass is 127. The number of nitro benzene ring substituents is 1. The van der Waals surface area contributed by atoms with Crippen LogP contribution >= 0.6 is 22.6 Å². The summed E-state index contributed by atoms with van der Waals surface area (Å²) in [7, 11) is 0. The van der Waals surface area contributed by atoms with E-state index in [4.69, 9.17) is 0 Å². The summed E-state index contributed by atoms with van der Waals surface area (Å²) in [5, 5.41) is 10.8. The van der Waals surface area contributed by atoms with Crippen LogP contribution in [0.3, 0.4) is 0 Å². The Morgan fingerprint density at radius 3 is 2.80 bits per heavy atom. The van der Waals surface area contributed by atoms with Crippen molar-refractivity contribution in [3.8, 4) is 0 Å². The van der Waals surface area contributed by atoms with Gasteiger partial charge < -0.3 is 0 Å². The summed E-state index contributed by atoms with van der Waals surface area (Å²) in [5.74, 6) is -0.467. The van der Waals surface area contributed by atoms with Gasteiger partial charge in [-0.2, -0.15) is 0 Å². The molecule has 1 heterocycles. The number of hydrogen-bond donors (Lipinski definition) is 0. The van der Waals surface area contributed by atoms with Gasteiger partial charge in [-0.25, -0.2) is 0 Å². The number of carbonyl (C=O) groups excluding carboxylic acids is 2. The zero-order valence-corrected chi connectivity index (χ0v) is 13.0. The van der Waals surface area contributed by atoms with E-state index < -0.39 is 10.8 Å². The molecule has 106 valence electrons. The number of amides is 2. The van der Waals surface area contributed by atoms with Gasteiger partial charge in [-0.15, -0.1) is 0 Å². The lowest BCUT2D eigenvalue weighted by molar-refractivity contribution is -0.384. The average Bonchev–Trinajstić information content (AvgIpc) is 2.79. The molecule has 6 nitrogen and oxygen atoms in total. The first-order valence-electron chi connectivity index (χ1n) is 6.22. The number of imide groups is 1. The first-order valence-corrected chi connectivity index (χ1v) is 7.30. The van der Waals surface area contributed by atoms with E-state index in [1.165, 1.54) is 23.1 Å².